The Hall–Kier alpha value is -2.31. The van der Waals surface area contributed by atoms with E-state index in [0.717, 1.165) is 12.8 Å². The zero-order valence-electron chi connectivity index (χ0n) is 19.9. The maximum atomic E-state index is 14.7. The molecule has 0 heterocycles. The third-order valence-corrected chi connectivity index (χ3v) is 6.50. The van der Waals surface area contributed by atoms with Crippen LogP contribution in [0, 0.1) is 17.5 Å². The molecule has 1 fully saturated rings. The highest BCUT2D eigenvalue weighted by molar-refractivity contribution is 5.33. The van der Waals surface area contributed by atoms with Gasteiger partial charge in [0.05, 0.1) is 25.4 Å². The molecular formula is C28H35F3O3. The summed E-state index contributed by atoms with van der Waals surface area (Å²) in [7, 11) is 0. The van der Waals surface area contributed by atoms with E-state index in [9.17, 15) is 18.3 Å². The average Bonchev–Trinajstić information content (AvgIpc) is 2.84. The topological polar surface area (TPSA) is 38.7 Å². The molecule has 1 unspecified atom stereocenters. The first-order chi connectivity index (χ1) is 16.4. The molecule has 0 bridgehead atoms. The van der Waals surface area contributed by atoms with Gasteiger partial charge in [-0.05, 0) is 74.1 Å². The Morgan fingerprint density at radius 3 is 2.53 bits per heavy atom. The summed E-state index contributed by atoms with van der Waals surface area (Å²) in [5, 5.41) is 10.0. The van der Waals surface area contributed by atoms with Gasteiger partial charge in [0.25, 0.3) is 0 Å². The van der Waals surface area contributed by atoms with Gasteiger partial charge >= 0.3 is 0 Å². The summed E-state index contributed by atoms with van der Waals surface area (Å²) in [6.45, 7) is 6.05. The van der Waals surface area contributed by atoms with Crippen LogP contribution in [0.25, 0.3) is 0 Å². The van der Waals surface area contributed by atoms with Crippen LogP contribution in [0.3, 0.4) is 0 Å². The number of aliphatic hydroxyl groups is 1. The second kappa shape index (κ2) is 13.0. The largest absolute Gasteiger partial charge is 0.490 e. The van der Waals surface area contributed by atoms with Crippen LogP contribution < -0.4 is 4.74 Å². The lowest BCUT2D eigenvalue weighted by molar-refractivity contribution is 0.0118. The zero-order chi connectivity index (χ0) is 24.5. The number of benzene rings is 2. The van der Waals surface area contributed by atoms with E-state index in [2.05, 4.69) is 6.58 Å². The molecule has 1 N–H and O–H groups in total. The van der Waals surface area contributed by atoms with Crippen LogP contribution in [0.1, 0.15) is 87.0 Å². The summed E-state index contributed by atoms with van der Waals surface area (Å²) in [4.78, 5) is 0. The normalized spacial score (nSPS) is 19.1. The molecule has 0 amide bonds. The maximum Gasteiger partial charge on any atom is 0.200 e. The molecule has 3 nitrogen and oxygen atoms in total. The minimum atomic E-state index is -0.933. The summed E-state index contributed by atoms with van der Waals surface area (Å²) in [6, 6.07) is 7.91. The molecule has 6 heteroatoms. The van der Waals surface area contributed by atoms with Gasteiger partial charge in [-0.15, -0.1) is 6.58 Å². The van der Waals surface area contributed by atoms with Crippen LogP contribution >= 0.6 is 0 Å². The Morgan fingerprint density at radius 1 is 1.09 bits per heavy atom. The SMILES string of the molecule is C=CCCCOc1ccc(C2CCC(OCc3ccc(C(O)CCC)cc3F)CC2)c(F)c1F. The van der Waals surface area contributed by atoms with Crippen LogP contribution in [0.5, 0.6) is 5.75 Å². The van der Waals surface area contributed by atoms with Crippen molar-refractivity contribution in [3.05, 3.63) is 77.1 Å². The molecule has 1 aliphatic rings. The number of ether oxygens (including phenoxy) is 2. The lowest BCUT2D eigenvalue weighted by atomic mass is 9.82. The Labute approximate surface area is 200 Å². The van der Waals surface area contributed by atoms with Crippen LogP contribution in [0.4, 0.5) is 13.2 Å². The highest BCUT2D eigenvalue weighted by Crippen LogP contribution is 2.37. The van der Waals surface area contributed by atoms with E-state index >= 15 is 0 Å². The highest BCUT2D eigenvalue weighted by atomic mass is 19.2. The summed E-state index contributed by atoms with van der Waals surface area (Å²) in [5.74, 6) is -2.29. The van der Waals surface area contributed by atoms with Gasteiger partial charge in [-0.1, -0.05) is 37.6 Å². The molecule has 0 aromatic heterocycles. The monoisotopic (exact) mass is 476 g/mol. The van der Waals surface area contributed by atoms with Gasteiger partial charge < -0.3 is 14.6 Å². The van der Waals surface area contributed by atoms with Gasteiger partial charge in [-0.25, -0.2) is 8.78 Å². The molecule has 34 heavy (non-hydrogen) atoms. The Kier molecular flexibility index (Phi) is 10.0. The van der Waals surface area contributed by atoms with Gasteiger partial charge in [-0.3, -0.25) is 0 Å². The smallest absolute Gasteiger partial charge is 0.200 e. The van der Waals surface area contributed by atoms with Crippen molar-refractivity contribution in [2.45, 2.75) is 83.0 Å². The number of rotatable bonds is 12. The van der Waals surface area contributed by atoms with Crippen LogP contribution in [-0.2, 0) is 11.3 Å². The first-order valence-electron chi connectivity index (χ1n) is 12.2. The van der Waals surface area contributed by atoms with E-state index in [1.54, 1.807) is 24.3 Å². The van der Waals surface area contributed by atoms with Crippen molar-refractivity contribution >= 4 is 0 Å². The predicted molar refractivity (Wildman–Crippen MR) is 127 cm³/mol. The average molecular weight is 477 g/mol. The van der Waals surface area contributed by atoms with Crippen molar-refractivity contribution in [2.75, 3.05) is 6.61 Å². The van der Waals surface area contributed by atoms with E-state index in [4.69, 9.17) is 9.47 Å². The third kappa shape index (κ3) is 6.86. The number of aliphatic hydroxyl groups excluding tert-OH is 1. The molecule has 0 saturated heterocycles. The first kappa shape index (κ1) is 26.3. The minimum Gasteiger partial charge on any atom is -0.490 e. The standard InChI is InChI=1S/C28H35F3O3/c1-3-5-6-16-33-26-15-14-23(27(30)28(26)31)19-10-12-22(13-11-19)34-18-21-9-8-20(17-24(21)29)25(32)7-4-2/h3,8-9,14-15,17,19,22,25,32H,1,4-7,10-13,16,18H2,2H3. The lowest BCUT2D eigenvalue weighted by Crippen LogP contribution is -2.21. The molecule has 0 aliphatic heterocycles. The second-order valence-electron chi connectivity index (χ2n) is 9.00. The quantitative estimate of drug-likeness (QED) is 0.254. The Morgan fingerprint density at radius 2 is 1.85 bits per heavy atom. The third-order valence-electron chi connectivity index (χ3n) is 6.50. The van der Waals surface area contributed by atoms with Crippen molar-refractivity contribution in [3.63, 3.8) is 0 Å². The van der Waals surface area contributed by atoms with Crippen molar-refractivity contribution in [2.24, 2.45) is 0 Å². The van der Waals surface area contributed by atoms with Gasteiger partial charge in [-0.2, -0.15) is 4.39 Å². The molecule has 3 rings (SSSR count). The predicted octanol–water partition coefficient (Wildman–Crippen LogP) is 7.53. The number of hydrogen-bond acceptors (Lipinski definition) is 3. The van der Waals surface area contributed by atoms with Gasteiger partial charge in [0.2, 0.25) is 5.82 Å². The minimum absolute atomic E-state index is 0.0543. The van der Waals surface area contributed by atoms with E-state index in [-0.39, 0.29) is 30.2 Å². The molecule has 2 aromatic carbocycles. The van der Waals surface area contributed by atoms with E-state index in [1.807, 2.05) is 6.92 Å². The molecular weight excluding hydrogens is 441 g/mol. The fourth-order valence-corrected chi connectivity index (χ4v) is 4.46. The fraction of sp³-hybridized carbons (Fsp3) is 0.500. The number of hydrogen-bond donors (Lipinski definition) is 1. The van der Waals surface area contributed by atoms with Gasteiger partial charge in [0.1, 0.15) is 5.82 Å². The first-order valence-corrected chi connectivity index (χ1v) is 12.2. The van der Waals surface area contributed by atoms with Gasteiger partial charge in [0.15, 0.2) is 11.6 Å². The summed E-state index contributed by atoms with van der Waals surface area (Å²) in [5.41, 5.74) is 1.40. The Balaban J connectivity index is 1.51. The number of allylic oxidation sites excluding steroid dienone is 1. The van der Waals surface area contributed by atoms with Crippen molar-refractivity contribution in [1.29, 1.82) is 0 Å². The fourth-order valence-electron chi connectivity index (χ4n) is 4.46. The summed E-state index contributed by atoms with van der Waals surface area (Å²) >= 11 is 0. The molecule has 2 aromatic rings. The molecule has 186 valence electrons. The van der Waals surface area contributed by atoms with Crippen LogP contribution in [0.2, 0.25) is 0 Å². The van der Waals surface area contributed by atoms with Gasteiger partial charge in [0, 0.05) is 5.56 Å². The van der Waals surface area contributed by atoms with E-state index in [1.165, 1.54) is 12.1 Å². The lowest BCUT2D eigenvalue weighted by Gasteiger charge is -2.29. The van der Waals surface area contributed by atoms with Crippen LogP contribution in [0.15, 0.2) is 43.0 Å². The molecule has 1 saturated carbocycles. The highest BCUT2D eigenvalue weighted by Gasteiger charge is 2.27. The molecule has 0 spiro atoms. The number of halogens is 3. The number of unbranched alkanes of at least 4 members (excludes halogenated alkanes) is 1. The van der Waals surface area contributed by atoms with Crippen molar-refractivity contribution in [1.82, 2.24) is 0 Å². The maximum absolute atomic E-state index is 14.7. The second-order valence-corrected chi connectivity index (χ2v) is 9.00. The van der Waals surface area contributed by atoms with Crippen molar-refractivity contribution in [3.8, 4) is 5.75 Å². The van der Waals surface area contributed by atoms with E-state index < -0.39 is 17.7 Å². The van der Waals surface area contributed by atoms with Crippen molar-refractivity contribution < 1.29 is 27.8 Å². The summed E-state index contributed by atoms with van der Waals surface area (Å²) < 4.78 is 54.9. The molecule has 1 aliphatic carbocycles. The van der Waals surface area contributed by atoms with Crippen LogP contribution in [-0.4, -0.2) is 17.8 Å². The van der Waals surface area contributed by atoms with E-state index in [0.29, 0.717) is 61.8 Å². The zero-order valence-corrected chi connectivity index (χ0v) is 19.9. The Bertz CT molecular complexity index is 939. The molecule has 1 atom stereocenters. The molecule has 0 radical (unpaired) electrons. The summed E-state index contributed by atoms with van der Waals surface area (Å²) in [6.07, 6.45) is 6.65.